The van der Waals surface area contributed by atoms with Gasteiger partial charge >= 0.3 is 0 Å². The van der Waals surface area contributed by atoms with Gasteiger partial charge in [0.05, 0.1) is 25.2 Å². The third kappa shape index (κ3) is 3.68. The van der Waals surface area contributed by atoms with Gasteiger partial charge in [-0.2, -0.15) is 5.26 Å². The molecule has 4 rings (SSSR count). The standard InChI is InChI=1S/C20H29N3O2S/c1-19(2)12-20(24-7-8-25-20)6-5-18(19)23-14-3-4-16(15(22)10-14)26-17-9-13(17)11-21/h4,10,13-14,17-18,23H,3,5-9,12,22H2,1-2H3. The first-order valence-corrected chi connectivity index (χ1v) is 10.6. The fourth-order valence-corrected chi connectivity index (χ4v) is 5.77. The number of nitrogens with one attached hydrogen (secondary N) is 1. The van der Waals surface area contributed by atoms with Gasteiger partial charge in [-0.1, -0.05) is 19.9 Å². The maximum atomic E-state index is 8.97. The Morgan fingerprint density at radius 3 is 2.73 bits per heavy atom. The van der Waals surface area contributed by atoms with Crippen LogP contribution in [-0.4, -0.2) is 36.3 Å². The van der Waals surface area contributed by atoms with Crippen molar-refractivity contribution in [2.75, 3.05) is 13.2 Å². The summed E-state index contributed by atoms with van der Waals surface area (Å²) in [5.74, 6) is -0.145. The molecule has 4 atom stereocenters. The van der Waals surface area contributed by atoms with Gasteiger partial charge in [-0.25, -0.2) is 0 Å². The van der Waals surface area contributed by atoms with E-state index in [9.17, 15) is 0 Å². The normalized spacial score (nSPS) is 37.7. The number of nitriles is 1. The summed E-state index contributed by atoms with van der Waals surface area (Å²) in [6.07, 6.45) is 9.29. The lowest BCUT2D eigenvalue weighted by atomic mass is 9.70. The van der Waals surface area contributed by atoms with E-state index in [-0.39, 0.29) is 23.2 Å². The summed E-state index contributed by atoms with van der Waals surface area (Å²) in [7, 11) is 0. The molecular formula is C20H29N3O2S. The quantitative estimate of drug-likeness (QED) is 0.786. The van der Waals surface area contributed by atoms with E-state index in [2.05, 4.69) is 37.4 Å². The summed E-state index contributed by atoms with van der Waals surface area (Å²) >= 11 is 1.77. The van der Waals surface area contributed by atoms with E-state index in [1.165, 1.54) is 0 Å². The number of thioether (sulfide) groups is 1. The SMILES string of the molecule is CC1(C)CC2(CCC1NC1C=C(N)C(SC3CC3C#N)=CC1)OCCO2. The molecule has 0 radical (unpaired) electrons. The zero-order valence-electron chi connectivity index (χ0n) is 15.7. The molecule has 3 aliphatic carbocycles. The van der Waals surface area contributed by atoms with Gasteiger partial charge in [0, 0.05) is 40.8 Å². The van der Waals surface area contributed by atoms with Gasteiger partial charge in [0.1, 0.15) is 0 Å². The van der Waals surface area contributed by atoms with Crippen molar-refractivity contribution in [2.45, 2.75) is 69.1 Å². The Hall–Kier alpha value is -1.00. The van der Waals surface area contributed by atoms with Crippen molar-refractivity contribution in [3.63, 3.8) is 0 Å². The predicted octanol–water partition coefficient (Wildman–Crippen LogP) is 3.04. The lowest BCUT2D eigenvalue weighted by Gasteiger charge is -2.47. The van der Waals surface area contributed by atoms with Gasteiger partial charge in [-0.05, 0) is 30.8 Å². The van der Waals surface area contributed by atoms with Crippen molar-refractivity contribution < 1.29 is 9.47 Å². The summed E-state index contributed by atoms with van der Waals surface area (Å²) < 4.78 is 11.9. The topological polar surface area (TPSA) is 80.3 Å². The molecule has 0 aromatic rings. The van der Waals surface area contributed by atoms with Crippen LogP contribution in [0.1, 0.15) is 46.0 Å². The highest BCUT2D eigenvalue weighted by molar-refractivity contribution is 8.04. The van der Waals surface area contributed by atoms with Crippen LogP contribution in [0.5, 0.6) is 0 Å². The minimum atomic E-state index is -0.353. The molecular weight excluding hydrogens is 346 g/mol. The summed E-state index contributed by atoms with van der Waals surface area (Å²) in [6, 6.07) is 3.04. The second-order valence-electron chi connectivity index (χ2n) is 8.69. The highest BCUT2D eigenvalue weighted by Crippen LogP contribution is 2.47. The second kappa shape index (κ2) is 6.87. The van der Waals surface area contributed by atoms with E-state index in [1.807, 2.05) is 0 Å². The van der Waals surface area contributed by atoms with Gasteiger partial charge in [0.25, 0.3) is 0 Å². The Labute approximate surface area is 160 Å². The minimum Gasteiger partial charge on any atom is -0.398 e. The van der Waals surface area contributed by atoms with Gasteiger partial charge < -0.3 is 20.5 Å². The first kappa shape index (κ1) is 18.4. The number of hydrogen-bond donors (Lipinski definition) is 2. The Morgan fingerprint density at radius 1 is 1.35 bits per heavy atom. The molecule has 1 aliphatic heterocycles. The Bertz CT molecular complexity index is 660. The Kier molecular flexibility index (Phi) is 4.85. The van der Waals surface area contributed by atoms with Crippen molar-refractivity contribution in [3.8, 4) is 6.07 Å². The van der Waals surface area contributed by atoms with Crippen LogP contribution in [0.25, 0.3) is 0 Å². The molecule has 142 valence electrons. The van der Waals surface area contributed by atoms with Gasteiger partial charge in [0.2, 0.25) is 0 Å². The van der Waals surface area contributed by atoms with Crippen molar-refractivity contribution >= 4 is 11.8 Å². The number of nitrogens with zero attached hydrogens (tertiary/aromatic N) is 1. The molecule has 0 aromatic carbocycles. The predicted molar refractivity (Wildman–Crippen MR) is 103 cm³/mol. The van der Waals surface area contributed by atoms with Crippen LogP contribution in [0.3, 0.4) is 0 Å². The van der Waals surface area contributed by atoms with E-state index in [4.69, 9.17) is 20.5 Å². The molecule has 2 saturated carbocycles. The smallest absolute Gasteiger partial charge is 0.169 e. The van der Waals surface area contributed by atoms with E-state index < -0.39 is 0 Å². The molecule has 0 amide bonds. The molecule has 0 bridgehead atoms. The van der Waals surface area contributed by atoms with Crippen LogP contribution in [-0.2, 0) is 9.47 Å². The molecule has 1 spiro atoms. The second-order valence-corrected chi connectivity index (χ2v) is 9.97. The Balaban J connectivity index is 1.34. The summed E-state index contributed by atoms with van der Waals surface area (Å²) in [5.41, 5.74) is 7.27. The first-order valence-electron chi connectivity index (χ1n) is 9.69. The molecule has 4 aliphatic rings. The van der Waals surface area contributed by atoms with E-state index in [0.717, 1.165) is 55.9 Å². The van der Waals surface area contributed by atoms with Crippen LogP contribution < -0.4 is 11.1 Å². The third-order valence-corrected chi connectivity index (χ3v) is 7.59. The van der Waals surface area contributed by atoms with Crippen molar-refractivity contribution in [1.82, 2.24) is 5.32 Å². The molecule has 3 N–H and O–H groups in total. The molecule has 1 saturated heterocycles. The molecule has 0 aromatic heterocycles. The zero-order valence-corrected chi connectivity index (χ0v) is 16.5. The van der Waals surface area contributed by atoms with Crippen LogP contribution in [0.2, 0.25) is 0 Å². The zero-order chi connectivity index (χ0) is 18.4. The van der Waals surface area contributed by atoms with Crippen LogP contribution in [0, 0.1) is 22.7 Å². The van der Waals surface area contributed by atoms with Crippen molar-refractivity contribution in [2.24, 2.45) is 17.1 Å². The van der Waals surface area contributed by atoms with E-state index in [0.29, 0.717) is 11.3 Å². The molecule has 26 heavy (non-hydrogen) atoms. The maximum Gasteiger partial charge on any atom is 0.169 e. The lowest BCUT2D eigenvalue weighted by molar-refractivity contribution is -0.203. The summed E-state index contributed by atoms with van der Waals surface area (Å²) in [6.45, 7) is 6.04. The van der Waals surface area contributed by atoms with Crippen LogP contribution >= 0.6 is 11.8 Å². The van der Waals surface area contributed by atoms with Gasteiger partial charge in [-0.3, -0.25) is 0 Å². The van der Waals surface area contributed by atoms with Crippen LogP contribution in [0.4, 0.5) is 0 Å². The summed E-state index contributed by atoms with van der Waals surface area (Å²) in [5, 5.41) is 13.2. The monoisotopic (exact) mass is 375 g/mol. The van der Waals surface area contributed by atoms with Gasteiger partial charge in [0.15, 0.2) is 5.79 Å². The minimum absolute atomic E-state index is 0.109. The van der Waals surface area contributed by atoms with Crippen molar-refractivity contribution in [1.29, 1.82) is 5.26 Å². The highest BCUT2D eigenvalue weighted by Gasteiger charge is 2.49. The third-order valence-electron chi connectivity index (χ3n) is 6.11. The van der Waals surface area contributed by atoms with Crippen LogP contribution in [0.15, 0.2) is 22.8 Å². The molecule has 4 unspecified atom stereocenters. The highest BCUT2D eigenvalue weighted by atomic mass is 32.2. The average Bonchev–Trinajstić information content (AvgIpc) is 3.21. The number of rotatable bonds is 4. The van der Waals surface area contributed by atoms with E-state index >= 15 is 0 Å². The average molecular weight is 376 g/mol. The summed E-state index contributed by atoms with van der Waals surface area (Å²) in [4.78, 5) is 1.15. The van der Waals surface area contributed by atoms with Gasteiger partial charge in [-0.15, -0.1) is 11.8 Å². The Morgan fingerprint density at radius 2 is 2.12 bits per heavy atom. The van der Waals surface area contributed by atoms with E-state index in [1.54, 1.807) is 11.8 Å². The number of hydrogen-bond acceptors (Lipinski definition) is 6. The maximum absolute atomic E-state index is 8.97. The van der Waals surface area contributed by atoms with Crippen molar-refractivity contribution in [3.05, 3.63) is 22.8 Å². The number of nitrogens with two attached hydrogens (primary N) is 1. The molecule has 6 heteroatoms. The fraction of sp³-hybridized carbons (Fsp3) is 0.750. The molecule has 5 nitrogen and oxygen atoms in total. The molecule has 3 fully saturated rings. The number of ether oxygens (including phenoxy) is 2. The fourth-order valence-electron chi connectivity index (χ4n) is 4.52. The first-order chi connectivity index (χ1) is 12.4. The lowest BCUT2D eigenvalue weighted by Crippen LogP contribution is -2.54. The molecule has 1 heterocycles. The largest absolute Gasteiger partial charge is 0.398 e.